The van der Waals surface area contributed by atoms with E-state index in [4.69, 9.17) is 28.9 Å². The highest BCUT2D eigenvalue weighted by Crippen LogP contribution is 2.31. The van der Waals surface area contributed by atoms with Gasteiger partial charge in [-0.15, -0.1) is 0 Å². The Kier molecular flexibility index (Phi) is 4.08. The third kappa shape index (κ3) is 3.15. The number of nitrogen functional groups attached to an aromatic ring is 1. The maximum absolute atomic E-state index is 12.2. The van der Waals surface area contributed by atoms with E-state index >= 15 is 0 Å². The first-order chi connectivity index (χ1) is 9.29. The molecule has 0 atom stereocenters. The van der Waals surface area contributed by atoms with Crippen LogP contribution in [0, 0.1) is 6.92 Å². The molecule has 20 heavy (non-hydrogen) atoms. The van der Waals surface area contributed by atoms with Crippen LogP contribution in [-0.2, 0) is 10.0 Å². The number of rotatable bonds is 3. The summed E-state index contributed by atoms with van der Waals surface area (Å²) in [6, 6.07) is 5.79. The molecular formula is C12H11Cl2N3O2S. The molecule has 0 radical (unpaired) electrons. The number of aryl methyl sites for hydroxylation is 1. The van der Waals surface area contributed by atoms with Crippen molar-refractivity contribution in [3.63, 3.8) is 0 Å². The van der Waals surface area contributed by atoms with Gasteiger partial charge in [-0.1, -0.05) is 23.2 Å². The lowest BCUT2D eigenvalue weighted by molar-refractivity contribution is 0.601. The van der Waals surface area contributed by atoms with Gasteiger partial charge in [0.1, 0.15) is 0 Å². The second-order valence-electron chi connectivity index (χ2n) is 4.09. The molecule has 2 aromatic rings. The highest BCUT2D eigenvalue weighted by atomic mass is 35.5. The third-order valence-corrected chi connectivity index (χ3v) is 4.51. The number of sulfonamides is 1. The van der Waals surface area contributed by atoms with Crippen molar-refractivity contribution in [2.45, 2.75) is 11.8 Å². The van der Waals surface area contributed by atoms with Crippen LogP contribution in [0.4, 0.5) is 11.4 Å². The van der Waals surface area contributed by atoms with Crippen molar-refractivity contribution in [1.29, 1.82) is 0 Å². The first-order valence-corrected chi connectivity index (χ1v) is 7.73. The number of pyridine rings is 1. The summed E-state index contributed by atoms with van der Waals surface area (Å²) in [7, 11) is -3.80. The summed E-state index contributed by atoms with van der Waals surface area (Å²) in [6.07, 6.45) is 1.42. The zero-order valence-electron chi connectivity index (χ0n) is 10.4. The summed E-state index contributed by atoms with van der Waals surface area (Å²) >= 11 is 11.7. The van der Waals surface area contributed by atoms with Crippen molar-refractivity contribution in [3.8, 4) is 0 Å². The predicted octanol–water partition coefficient (Wildman–Crippen LogP) is 3.08. The number of aromatic nitrogens is 1. The fourth-order valence-corrected chi connectivity index (χ4v) is 3.17. The Morgan fingerprint density at radius 1 is 1.20 bits per heavy atom. The van der Waals surface area contributed by atoms with E-state index in [0.717, 1.165) is 5.69 Å². The van der Waals surface area contributed by atoms with Crippen LogP contribution in [0.25, 0.3) is 0 Å². The van der Waals surface area contributed by atoms with Crippen molar-refractivity contribution in [2.24, 2.45) is 0 Å². The molecule has 1 aromatic heterocycles. The van der Waals surface area contributed by atoms with Crippen molar-refractivity contribution in [2.75, 3.05) is 10.5 Å². The predicted molar refractivity (Wildman–Crippen MR) is 80.7 cm³/mol. The summed E-state index contributed by atoms with van der Waals surface area (Å²) in [5.41, 5.74) is 6.85. The summed E-state index contributed by atoms with van der Waals surface area (Å²) in [6.45, 7) is 1.80. The van der Waals surface area contributed by atoms with Crippen molar-refractivity contribution >= 4 is 44.6 Å². The monoisotopic (exact) mass is 331 g/mol. The molecule has 0 bridgehead atoms. The van der Waals surface area contributed by atoms with Crippen LogP contribution in [0.3, 0.4) is 0 Å². The van der Waals surface area contributed by atoms with Crippen molar-refractivity contribution in [3.05, 3.63) is 46.2 Å². The van der Waals surface area contributed by atoms with Crippen LogP contribution in [0.2, 0.25) is 10.0 Å². The zero-order chi connectivity index (χ0) is 14.9. The Balaban J connectivity index is 2.38. The lowest BCUT2D eigenvalue weighted by Crippen LogP contribution is -2.13. The minimum Gasteiger partial charge on any atom is -0.396 e. The molecule has 5 nitrogen and oxygen atoms in total. The molecule has 1 aromatic carbocycles. The van der Waals surface area contributed by atoms with E-state index in [0.29, 0.717) is 5.69 Å². The molecule has 0 aliphatic carbocycles. The summed E-state index contributed by atoms with van der Waals surface area (Å²) in [5, 5.41) is 0.166. The number of hydrogen-bond donors (Lipinski definition) is 2. The molecule has 0 aliphatic heterocycles. The lowest BCUT2D eigenvalue weighted by atomic mass is 10.3. The van der Waals surface area contributed by atoms with Gasteiger partial charge in [-0.05, 0) is 31.2 Å². The molecule has 0 saturated heterocycles. The fourth-order valence-electron chi connectivity index (χ4n) is 1.46. The molecule has 1 heterocycles. The van der Waals surface area contributed by atoms with Crippen molar-refractivity contribution in [1.82, 2.24) is 4.98 Å². The number of nitrogens with zero attached hydrogens (tertiary/aromatic N) is 1. The first-order valence-electron chi connectivity index (χ1n) is 5.49. The highest BCUT2D eigenvalue weighted by molar-refractivity contribution is 7.92. The SMILES string of the molecule is Cc1ccc(NS(=O)(=O)c2cc(Cl)c(N)c(Cl)c2)cn1. The Labute approximate surface area is 126 Å². The Morgan fingerprint density at radius 3 is 2.30 bits per heavy atom. The van der Waals surface area contributed by atoms with Crippen LogP contribution in [-0.4, -0.2) is 13.4 Å². The topological polar surface area (TPSA) is 85.1 Å². The van der Waals surface area contributed by atoms with Gasteiger partial charge in [0, 0.05) is 5.69 Å². The number of anilines is 2. The maximum Gasteiger partial charge on any atom is 0.262 e. The average Bonchev–Trinajstić information content (AvgIpc) is 2.38. The van der Waals surface area contributed by atoms with Gasteiger partial charge in [0.15, 0.2) is 0 Å². The van der Waals surface area contributed by atoms with Gasteiger partial charge in [0.05, 0.1) is 32.5 Å². The van der Waals surface area contributed by atoms with Gasteiger partial charge in [0.2, 0.25) is 0 Å². The maximum atomic E-state index is 12.2. The third-order valence-electron chi connectivity index (χ3n) is 2.53. The molecule has 3 N–H and O–H groups in total. The first kappa shape index (κ1) is 14.9. The lowest BCUT2D eigenvalue weighted by Gasteiger charge is -2.10. The smallest absolute Gasteiger partial charge is 0.262 e. The number of hydrogen-bond acceptors (Lipinski definition) is 4. The standard InChI is InChI=1S/C12H11Cl2N3O2S/c1-7-2-3-8(6-16-7)17-20(18,19)9-4-10(13)12(15)11(14)5-9/h2-6,17H,15H2,1H3. The summed E-state index contributed by atoms with van der Waals surface area (Å²) < 4.78 is 26.8. The molecule has 106 valence electrons. The average molecular weight is 332 g/mol. The van der Waals surface area contributed by atoms with Gasteiger partial charge in [-0.2, -0.15) is 0 Å². The molecule has 0 fully saturated rings. The molecular weight excluding hydrogens is 321 g/mol. The van der Waals surface area contributed by atoms with E-state index in [-0.39, 0.29) is 20.6 Å². The highest BCUT2D eigenvalue weighted by Gasteiger charge is 2.17. The van der Waals surface area contributed by atoms with Gasteiger partial charge in [-0.3, -0.25) is 9.71 Å². The number of nitrogens with one attached hydrogen (secondary N) is 1. The molecule has 2 rings (SSSR count). The Morgan fingerprint density at radius 2 is 1.80 bits per heavy atom. The second kappa shape index (κ2) is 5.47. The molecule has 8 heteroatoms. The van der Waals surface area contributed by atoms with E-state index in [1.54, 1.807) is 19.1 Å². The van der Waals surface area contributed by atoms with Crippen LogP contribution < -0.4 is 10.5 Å². The minimum atomic E-state index is -3.80. The fraction of sp³-hybridized carbons (Fsp3) is 0.0833. The zero-order valence-corrected chi connectivity index (χ0v) is 12.7. The normalized spacial score (nSPS) is 11.3. The Hall–Kier alpha value is -1.50. The van der Waals surface area contributed by atoms with E-state index < -0.39 is 10.0 Å². The van der Waals surface area contributed by atoms with Crippen LogP contribution in [0.15, 0.2) is 35.4 Å². The molecule has 0 spiro atoms. The van der Waals surface area contributed by atoms with Crippen molar-refractivity contribution < 1.29 is 8.42 Å². The minimum absolute atomic E-state index is 0.0673. The molecule has 0 saturated carbocycles. The quantitative estimate of drug-likeness (QED) is 0.846. The number of nitrogens with two attached hydrogens (primary N) is 1. The second-order valence-corrected chi connectivity index (χ2v) is 6.59. The molecule has 0 aliphatic rings. The van der Waals surface area contributed by atoms with E-state index in [2.05, 4.69) is 9.71 Å². The van der Waals surface area contributed by atoms with E-state index in [1.165, 1.54) is 18.3 Å². The van der Waals surface area contributed by atoms with Crippen LogP contribution >= 0.6 is 23.2 Å². The largest absolute Gasteiger partial charge is 0.396 e. The van der Waals surface area contributed by atoms with Gasteiger partial charge >= 0.3 is 0 Å². The van der Waals surface area contributed by atoms with E-state index in [1.807, 2.05) is 0 Å². The van der Waals surface area contributed by atoms with Gasteiger partial charge in [0.25, 0.3) is 10.0 Å². The summed E-state index contributed by atoms with van der Waals surface area (Å²) in [4.78, 5) is 3.94. The van der Waals surface area contributed by atoms with Crippen LogP contribution in [0.1, 0.15) is 5.69 Å². The van der Waals surface area contributed by atoms with E-state index in [9.17, 15) is 8.42 Å². The Bertz CT molecular complexity index is 723. The van der Waals surface area contributed by atoms with Crippen LogP contribution in [0.5, 0.6) is 0 Å². The molecule has 0 amide bonds. The number of benzene rings is 1. The summed E-state index contributed by atoms with van der Waals surface area (Å²) in [5.74, 6) is 0. The van der Waals surface area contributed by atoms with Gasteiger partial charge < -0.3 is 5.73 Å². The van der Waals surface area contributed by atoms with Gasteiger partial charge in [-0.25, -0.2) is 8.42 Å². The number of halogens is 2. The molecule has 0 unspecified atom stereocenters.